The number of rotatable bonds is 4. The predicted octanol–water partition coefficient (Wildman–Crippen LogP) is 0.909. The summed E-state index contributed by atoms with van der Waals surface area (Å²) in [6, 6.07) is -0.161. The number of aliphatic carboxylic acids is 1. The average Bonchev–Trinajstić information content (AvgIpc) is 2.18. The minimum absolute atomic E-state index is 0.166. The molecule has 0 amide bonds. The highest BCUT2D eigenvalue weighted by Crippen LogP contribution is 2.21. The molecule has 0 aliphatic carbocycles. The highest BCUT2D eigenvalue weighted by molar-refractivity contribution is 5.73. The molecule has 0 aromatic rings. The summed E-state index contributed by atoms with van der Waals surface area (Å²) < 4.78 is 0. The van der Waals surface area contributed by atoms with Crippen LogP contribution in [0.2, 0.25) is 0 Å². The van der Waals surface area contributed by atoms with Crippen molar-refractivity contribution in [3.8, 4) is 0 Å². The van der Waals surface area contributed by atoms with Gasteiger partial charge in [0.1, 0.15) is 6.04 Å². The molecule has 1 aliphatic rings. The van der Waals surface area contributed by atoms with Crippen LogP contribution in [0.3, 0.4) is 0 Å². The van der Waals surface area contributed by atoms with Gasteiger partial charge in [0.15, 0.2) is 0 Å². The van der Waals surface area contributed by atoms with Gasteiger partial charge in [-0.15, -0.1) is 0 Å². The normalized spacial score (nSPS) is 27.3. The number of hydrogen-bond donors (Lipinski definition) is 2. The molecule has 3 atom stereocenters. The summed E-state index contributed by atoms with van der Waals surface area (Å²) in [4.78, 5) is 13.1. The SMILES string of the molecule is CCC(C(=O)O)N1CCCC(C(C)N)C1. The monoisotopic (exact) mass is 214 g/mol. The van der Waals surface area contributed by atoms with Gasteiger partial charge in [-0.25, -0.2) is 0 Å². The predicted molar refractivity (Wildman–Crippen MR) is 59.7 cm³/mol. The van der Waals surface area contributed by atoms with E-state index < -0.39 is 5.97 Å². The molecule has 3 N–H and O–H groups in total. The summed E-state index contributed by atoms with van der Waals surface area (Å²) in [6.45, 7) is 5.67. The summed E-state index contributed by atoms with van der Waals surface area (Å²) in [5, 5.41) is 9.08. The molecule has 4 heteroatoms. The lowest BCUT2D eigenvalue weighted by Gasteiger charge is -2.37. The molecule has 4 nitrogen and oxygen atoms in total. The Labute approximate surface area is 91.4 Å². The van der Waals surface area contributed by atoms with E-state index in [2.05, 4.69) is 4.90 Å². The number of carbonyl (C=O) groups is 1. The standard InChI is InChI=1S/C11H22N2O2/c1-3-10(11(14)15)13-6-4-5-9(7-13)8(2)12/h8-10H,3-7,12H2,1-2H3,(H,14,15). The topological polar surface area (TPSA) is 66.6 Å². The molecular weight excluding hydrogens is 192 g/mol. The maximum Gasteiger partial charge on any atom is 0.320 e. The number of hydrogen-bond acceptors (Lipinski definition) is 3. The van der Waals surface area contributed by atoms with Gasteiger partial charge >= 0.3 is 5.97 Å². The molecule has 0 radical (unpaired) electrons. The van der Waals surface area contributed by atoms with Gasteiger partial charge in [-0.3, -0.25) is 9.69 Å². The first-order valence-electron chi connectivity index (χ1n) is 5.78. The second-order valence-corrected chi connectivity index (χ2v) is 4.52. The van der Waals surface area contributed by atoms with Gasteiger partial charge in [0.2, 0.25) is 0 Å². The molecule has 1 saturated heterocycles. The Morgan fingerprint density at radius 2 is 2.33 bits per heavy atom. The Bertz CT molecular complexity index is 219. The van der Waals surface area contributed by atoms with Crippen LogP contribution in [0.1, 0.15) is 33.1 Å². The lowest BCUT2D eigenvalue weighted by atomic mass is 9.91. The van der Waals surface area contributed by atoms with Crippen LogP contribution in [-0.2, 0) is 4.79 Å². The lowest BCUT2D eigenvalue weighted by Crippen LogP contribution is -2.49. The fourth-order valence-corrected chi connectivity index (χ4v) is 2.34. The van der Waals surface area contributed by atoms with Gasteiger partial charge in [-0.05, 0) is 38.6 Å². The summed E-state index contributed by atoms with van der Waals surface area (Å²) in [7, 11) is 0. The van der Waals surface area contributed by atoms with E-state index in [1.807, 2.05) is 13.8 Å². The summed E-state index contributed by atoms with van der Waals surface area (Å²) >= 11 is 0. The number of nitrogens with zero attached hydrogens (tertiary/aromatic N) is 1. The van der Waals surface area contributed by atoms with E-state index >= 15 is 0 Å². The summed E-state index contributed by atoms with van der Waals surface area (Å²) in [5.41, 5.74) is 5.87. The molecule has 1 fully saturated rings. The molecule has 0 spiro atoms. The van der Waals surface area contributed by atoms with Crippen molar-refractivity contribution >= 4 is 5.97 Å². The second kappa shape index (κ2) is 5.47. The molecule has 15 heavy (non-hydrogen) atoms. The minimum Gasteiger partial charge on any atom is -0.480 e. The number of carboxylic acid groups (broad SMARTS) is 1. The fourth-order valence-electron chi connectivity index (χ4n) is 2.34. The van der Waals surface area contributed by atoms with Gasteiger partial charge in [0.25, 0.3) is 0 Å². The van der Waals surface area contributed by atoms with Crippen LogP contribution in [0.4, 0.5) is 0 Å². The first-order chi connectivity index (χ1) is 7.06. The van der Waals surface area contributed by atoms with Crippen LogP contribution in [0.25, 0.3) is 0 Å². The fraction of sp³-hybridized carbons (Fsp3) is 0.909. The molecule has 0 saturated carbocycles. The summed E-state index contributed by atoms with van der Waals surface area (Å²) in [6.07, 6.45) is 2.86. The first-order valence-corrected chi connectivity index (χ1v) is 5.78. The van der Waals surface area contributed by atoms with Crippen molar-refractivity contribution in [3.63, 3.8) is 0 Å². The van der Waals surface area contributed by atoms with Crippen LogP contribution >= 0.6 is 0 Å². The third-order valence-corrected chi connectivity index (χ3v) is 3.35. The van der Waals surface area contributed by atoms with Crippen LogP contribution < -0.4 is 5.73 Å². The zero-order valence-corrected chi connectivity index (χ0v) is 9.65. The zero-order chi connectivity index (χ0) is 11.4. The molecule has 1 rings (SSSR count). The van der Waals surface area contributed by atoms with Crippen LogP contribution in [0.15, 0.2) is 0 Å². The van der Waals surface area contributed by atoms with E-state index in [0.29, 0.717) is 12.3 Å². The number of carboxylic acids is 1. The zero-order valence-electron chi connectivity index (χ0n) is 9.65. The number of piperidine rings is 1. The average molecular weight is 214 g/mol. The molecule has 0 aromatic carbocycles. The molecular formula is C11H22N2O2. The Morgan fingerprint density at radius 3 is 2.80 bits per heavy atom. The second-order valence-electron chi connectivity index (χ2n) is 4.52. The Hall–Kier alpha value is -0.610. The molecule has 0 aromatic heterocycles. The highest BCUT2D eigenvalue weighted by Gasteiger charge is 2.30. The van der Waals surface area contributed by atoms with E-state index in [-0.39, 0.29) is 12.1 Å². The Kier molecular flexibility index (Phi) is 4.54. The minimum atomic E-state index is -0.706. The van der Waals surface area contributed by atoms with Gasteiger partial charge < -0.3 is 10.8 Å². The lowest BCUT2D eigenvalue weighted by molar-refractivity contribution is -0.144. The van der Waals surface area contributed by atoms with Gasteiger partial charge in [0.05, 0.1) is 0 Å². The van der Waals surface area contributed by atoms with E-state index in [1.165, 1.54) is 0 Å². The third-order valence-electron chi connectivity index (χ3n) is 3.35. The first kappa shape index (κ1) is 12.5. The molecule has 1 aliphatic heterocycles. The Morgan fingerprint density at radius 1 is 1.67 bits per heavy atom. The van der Waals surface area contributed by atoms with E-state index in [1.54, 1.807) is 0 Å². The maximum atomic E-state index is 11.0. The molecule has 0 bridgehead atoms. The van der Waals surface area contributed by atoms with Crippen molar-refractivity contribution in [2.45, 2.75) is 45.2 Å². The van der Waals surface area contributed by atoms with Gasteiger partial charge in [-0.2, -0.15) is 0 Å². The van der Waals surface area contributed by atoms with Crippen molar-refractivity contribution in [2.24, 2.45) is 11.7 Å². The molecule has 1 heterocycles. The quantitative estimate of drug-likeness (QED) is 0.730. The number of nitrogens with two attached hydrogens (primary N) is 1. The number of likely N-dealkylation sites (tertiary alicyclic amines) is 1. The smallest absolute Gasteiger partial charge is 0.320 e. The van der Waals surface area contributed by atoms with Crippen molar-refractivity contribution in [1.82, 2.24) is 4.90 Å². The van der Waals surface area contributed by atoms with Crippen molar-refractivity contribution in [3.05, 3.63) is 0 Å². The van der Waals surface area contributed by atoms with Crippen molar-refractivity contribution in [2.75, 3.05) is 13.1 Å². The van der Waals surface area contributed by atoms with Crippen LogP contribution in [-0.4, -0.2) is 41.1 Å². The molecule has 88 valence electrons. The van der Waals surface area contributed by atoms with Gasteiger partial charge in [-0.1, -0.05) is 6.92 Å². The van der Waals surface area contributed by atoms with E-state index in [9.17, 15) is 4.79 Å². The van der Waals surface area contributed by atoms with E-state index in [0.717, 1.165) is 25.9 Å². The third kappa shape index (κ3) is 3.18. The van der Waals surface area contributed by atoms with Crippen LogP contribution in [0.5, 0.6) is 0 Å². The van der Waals surface area contributed by atoms with Crippen molar-refractivity contribution < 1.29 is 9.90 Å². The van der Waals surface area contributed by atoms with Gasteiger partial charge in [0, 0.05) is 12.6 Å². The largest absolute Gasteiger partial charge is 0.480 e. The van der Waals surface area contributed by atoms with E-state index in [4.69, 9.17) is 10.8 Å². The summed E-state index contributed by atoms with van der Waals surface area (Å²) in [5.74, 6) is -0.255. The Balaban J connectivity index is 2.58. The maximum absolute atomic E-state index is 11.0. The molecule has 3 unspecified atom stereocenters. The van der Waals surface area contributed by atoms with Crippen molar-refractivity contribution in [1.29, 1.82) is 0 Å². The van der Waals surface area contributed by atoms with Crippen LogP contribution in [0, 0.1) is 5.92 Å². The highest BCUT2D eigenvalue weighted by atomic mass is 16.4.